The van der Waals surface area contributed by atoms with Crippen LogP contribution in [-0.2, 0) is 4.79 Å². The summed E-state index contributed by atoms with van der Waals surface area (Å²) < 4.78 is 0. The number of rotatable bonds is 3. The van der Waals surface area contributed by atoms with Crippen LogP contribution >= 0.6 is 0 Å². The van der Waals surface area contributed by atoms with E-state index in [2.05, 4.69) is 5.29 Å². The lowest BCUT2D eigenvalue weighted by molar-refractivity contribution is -0.139. The van der Waals surface area contributed by atoms with Gasteiger partial charge in [-0.05, 0) is 18.3 Å². The molecule has 0 aromatic rings. The second-order valence-corrected chi connectivity index (χ2v) is 3.62. The molecule has 2 unspecified atom stereocenters. The summed E-state index contributed by atoms with van der Waals surface area (Å²) in [4.78, 5) is 20.7. The van der Waals surface area contributed by atoms with Gasteiger partial charge < -0.3 is 5.11 Å². The Kier molecular flexibility index (Phi) is 3.22. The second-order valence-electron chi connectivity index (χ2n) is 3.62. The molecule has 0 spiro atoms. The standard InChI is InChI=1S/C8H14N2O3/c1-6-2-3-10(9-13)5-7(6)4-8(11)12/h6-7H,2-5H2,1H3,(H,11,12). The molecule has 74 valence electrons. The van der Waals surface area contributed by atoms with E-state index in [1.54, 1.807) is 0 Å². The minimum atomic E-state index is -0.801. The highest BCUT2D eigenvalue weighted by atomic mass is 16.4. The fourth-order valence-electron chi connectivity index (χ4n) is 1.69. The molecule has 5 heteroatoms. The van der Waals surface area contributed by atoms with Crippen LogP contribution in [0.4, 0.5) is 0 Å². The van der Waals surface area contributed by atoms with Crippen LogP contribution in [0.1, 0.15) is 19.8 Å². The molecule has 13 heavy (non-hydrogen) atoms. The molecule has 1 heterocycles. The zero-order valence-corrected chi connectivity index (χ0v) is 7.64. The van der Waals surface area contributed by atoms with Gasteiger partial charge in [0.1, 0.15) is 0 Å². The number of carbonyl (C=O) groups is 1. The number of nitroso groups, excluding NO2 is 1. The molecular weight excluding hydrogens is 172 g/mol. The molecule has 0 radical (unpaired) electrons. The maximum Gasteiger partial charge on any atom is 0.303 e. The Morgan fingerprint density at radius 3 is 2.92 bits per heavy atom. The minimum absolute atomic E-state index is 0.0592. The number of nitrogens with zero attached hydrogens (tertiary/aromatic N) is 2. The van der Waals surface area contributed by atoms with Gasteiger partial charge in [0.25, 0.3) is 0 Å². The molecule has 1 saturated heterocycles. The smallest absolute Gasteiger partial charge is 0.303 e. The van der Waals surface area contributed by atoms with Crippen LogP contribution in [0.5, 0.6) is 0 Å². The number of piperidine rings is 1. The van der Waals surface area contributed by atoms with Crippen molar-refractivity contribution in [3.05, 3.63) is 4.91 Å². The van der Waals surface area contributed by atoms with E-state index in [4.69, 9.17) is 5.11 Å². The molecular formula is C8H14N2O3. The SMILES string of the molecule is CC1CCN(N=O)CC1CC(=O)O. The van der Waals surface area contributed by atoms with Crippen molar-refractivity contribution in [3.8, 4) is 0 Å². The van der Waals surface area contributed by atoms with E-state index in [0.29, 0.717) is 19.0 Å². The number of carboxylic acid groups (broad SMARTS) is 1. The van der Waals surface area contributed by atoms with Crippen molar-refractivity contribution in [3.63, 3.8) is 0 Å². The van der Waals surface area contributed by atoms with Crippen molar-refractivity contribution in [1.29, 1.82) is 0 Å². The van der Waals surface area contributed by atoms with E-state index < -0.39 is 5.97 Å². The average Bonchev–Trinajstić information content (AvgIpc) is 2.08. The van der Waals surface area contributed by atoms with Crippen molar-refractivity contribution in [2.24, 2.45) is 17.1 Å². The summed E-state index contributed by atoms with van der Waals surface area (Å²) in [7, 11) is 0. The molecule has 1 fully saturated rings. The number of hydrogen-bond acceptors (Lipinski definition) is 3. The van der Waals surface area contributed by atoms with E-state index in [-0.39, 0.29) is 12.3 Å². The molecule has 0 aromatic carbocycles. The molecule has 2 atom stereocenters. The number of aliphatic carboxylic acids is 1. The maximum atomic E-state index is 10.5. The Bertz CT molecular complexity index is 208. The average molecular weight is 186 g/mol. The van der Waals surface area contributed by atoms with E-state index in [1.165, 1.54) is 5.01 Å². The van der Waals surface area contributed by atoms with Crippen molar-refractivity contribution < 1.29 is 9.90 Å². The zero-order chi connectivity index (χ0) is 9.84. The van der Waals surface area contributed by atoms with Crippen LogP contribution in [0.25, 0.3) is 0 Å². The van der Waals surface area contributed by atoms with Gasteiger partial charge in [0.15, 0.2) is 0 Å². The van der Waals surface area contributed by atoms with Crippen molar-refractivity contribution in [1.82, 2.24) is 5.01 Å². The predicted molar refractivity (Wildman–Crippen MR) is 46.9 cm³/mol. The van der Waals surface area contributed by atoms with Crippen LogP contribution in [0.2, 0.25) is 0 Å². The molecule has 0 aromatic heterocycles. The Morgan fingerprint density at radius 1 is 1.69 bits per heavy atom. The van der Waals surface area contributed by atoms with Crippen LogP contribution in [0, 0.1) is 16.7 Å². The summed E-state index contributed by atoms with van der Waals surface area (Å²) >= 11 is 0. The van der Waals surface area contributed by atoms with Gasteiger partial charge in [0, 0.05) is 13.1 Å². The number of hydrogen-bond donors (Lipinski definition) is 1. The van der Waals surface area contributed by atoms with Crippen molar-refractivity contribution in [2.45, 2.75) is 19.8 Å². The minimum Gasteiger partial charge on any atom is -0.481 e. The summed E-state index contributed by atoms with van der Waals surface area (Å²) in [5, 5.41) is 12.9. The van der Waals surface area contributed by atoms with Gasteiger partial charge >= 0.3 is 5.97 Å². The summed E-state index contributed by atoms with van der Waals surface area (Å²) in [6, 6.07) is 0. The molecule has 1 aliphatic heterocycles. The van der Waals surface area contributed by atoms with Gasteiger partial charge in [0.05, 0.1) is 11.7 Å². The highest BCUT2D eigenvalue weighted by molar-refractivity contribution is 5.67. The molecule has 0 amide bonds. The van der Waals surface area contributed by atoms with Gasteiger partial charge in [-0.25, -0.2) is 0 Å². The second kappa shape index (κ2) is 4.20. The summed E-state index contributed by atoms with van der Waals surface area (Å²) in [6.07, 6.45) is 0.983. The highest BCUT2D eigenvalue weighted by Gasteiger charge is 2.27. The molecule has 1 N–H and O–H groups in total. The Morgan fingerprint density at radius 2 is 2.38 bits per heavy atom. The van der Waals surface area contributed by atoms with Crippen LogP contribution in [0.15, 0.2) is 5.29 Å². The van der Waals surface area contributed by atoms with Gasteiger partial charge in [-0.3, -0.25) is 9.80 Å². The third-order valence-electron chi connectivity index (χ3n) is 2.64. The van der Waals surface area contributed by atoms with Gasteiger partial charge in [0.2, 0.25) is 0 Å². The molecule has 1 aliphatic rings. The first kappa shape index (κ1) is 9.95. The molecule has 0 aliphatic carbocycles. The fourth-order valence-corrected chi connectivity index (χ4v) is 1.69. The normalized spacial score (nSPS) is 28.5. The predicted octanol–water partition coefficient (Wildman–Crippen LogP) is 1.10. The monoisotopic (exact) mass is 186 g/mol. The van der Waals surface area contributed by atoms with Crippen LogP contribution < -0.4 is 0 Å². The first-order valence-electron chi connectivity index (χ1n) is 4.43. The maximum absolute atomic E-state index is 10.5. The van der Waals surface area contributed by atoms with Crippen LogP contribution in [-0.4, -0.2) is 29.2 Å². The highest BCUT2D eigenvalue weighted by Crippen LogP contribution is 2.25. The first-order valence-corrected chi connectivity index (χ1v) is 4.43. The third kappa shape index (κ3) is 2.68. The summed E-state index contributed by atoms with van der Waals surface area (Å²) in [5.41, 5.74) is 0. The Hall–Kier alpha value is -1.13. The lowest BCUT2D eigenvalue weighted by Crippen LogP contribution is -2.37. The lowest BCUT2D eigenvalue weighted by Gasteiger charge is -2.32. The van der Waals surface area contributed by atoms with E-state index in [1.807, 2.05) is 6.92 Å². The Balaban J connectivity index is 2.49. The largest absolute Gasteiger partial charge is 0.481 e. The topological polar surface area (TPSA) is 70.0 Å². The summed E-state index contributed by atoms with van der Waals surface area (Å²) in [6.45, 7) is 3.16. The zero-order valence-electron chi connectivity index (χ0n) is 7.64. The first-order chi connectivity index (χ1) is 6.13. The molecule has 1 rings (SSSR count). The van der Waals surface area contributed by atoms with E-state index >= 15 is 0 Å². The van der Waals surface area contributed by atoms with Crippen molar-refractivity contribution >= 4 is 5.97 Å². The Labute approximate surface area is 76.7 Å². The van der Waals surface area contributed by atoms with E-state index in [0.717, 1.165) is 6.42 Å². The number of carboxylic acids is 1. The molecule has 0 saturated carbocycles. The van der Waals surface area contributed by atoms with Crippen molar-refractivity contribution in [2.75, 3.05) is 13.1 Å². The summed E-state index contributed by atoms with van der Waals surface area (Å²) in [5.74, 6) is -0.373. The van der Waals surface area contributed by atoms with Gasteiger partial charge in [-0.1, -0.05) is 6.92 Å². The fraction of sp³-hybridized carbons (Fsp3) is 0.875. The lowest BCUT2D eigenvalue weighted by atomic mass is 9.85. The van der Waals surface area contributed by atoms with Gasteiger partial charge in [-0.15, -0.1) is 4.91 Å². The quantitative estimate of drug-likeness (QED) is 0.670. The molecule has 0 bridgehead atoms. The van der Waals surface area contributed by atoms with Crippen LogP contribution in [0.3, 0.4) is 0 Å². The van der Waals surface area contributed by atoms with Gasteiger partial charge in [-0.2, -0.15) is 0 Å². The van der Waals surface area contributed by atoms with E-state index in [9.17, 15) is 9.70 Å². The molecule has 5 nitrogen and oxygen atoms in total. The third-order valence-corrected chi connectivity index (χ3v) is 2.64.